The number of aliphatic imine (C=N–C) groups is 1. The van der Waals surface area contributed by atoms with Crippen LogP contribution >= 0.6 is 0 Å². The predicted molar refractivity (Wildman–Crippen MR) is 114 cm³/mol. The van der Waals surface area contributed by atoms with E-state index in [4.69, 9.17) is 20.3 Å². The van der Waals surface area contributed by atoms with Gasteiger partial charge in [-0.3, -0.25) is 0 Å². The number of esters is 1. The lowest BCUT2D eigenvalue weighted by Crippen LogP contribution is -2.21. The van der Waals surface area contributed by atoms with Crippen LogP contribution in [0, 0.1) is 0 Å². The second-order valence-electron chi connectivity index (χ2n) is 5.64. The molecule has 3 rings (SSSR count). The first kappa shape index (κ1) is 24.0. The Bertz CT molecular complexity index is 733. The molecule has 1 heterocycles. The van der Waals surface area contributed by atoms with Crippen LogP contribution in [0.15, 0.2) is 59.6 Å². The van der Waals surface area contributed by atoms with Crippen LogP contribution in [0.4, 0.5) is 5.69 Å². The smallest absolute Gasteiger partial charge is 0.334 e. The number of aliphatic hydroxyl groups is 1. The molecule has 3 N–H and O–H groups in total. The van der Waals surface area contributed by atoms with Crippen LogP contribution in [0.2, 0.25) is 0 Å². The first-order valence-corrected chi connectivity index (χ1v) is 9.57. The number of benzene rings is 2. The molecule has 0 saturated heterocycles. The summed E-state index contributed by atoms with van der Waals surface area (Å²) in [6.07, 6.45) is 0.596. The Hall–Kier alpha value is -3.06. The van der Waals surface area contributed by atoms with Crippen molar-refractivity contribution in [1.82, 2.24) is 0 Å². The Morgan fingerprint density at radius 3 is 2.34 bits per heavy atom. The van der Waals surface area contributed by atoms with Crippen molar-refractivity contribution >= 4 is 17.6 Å². The van der Waals surface area contributed by atoms with Gasteiger partial charge >= 0.3 is 5.97 Å². The highest BCUT2D eigenvalue weighted by Crippen LogP contribution is 2.17. The van der Waals surface area contributed by atoms with Gasteiger partial charge in [-0.25, -0.2) is 9.79 Å². The molecule has 0 aromatic heterocycles. The van der Waals surface area contributed by atoms with Crippen molar-refractivity contribution in [3.8, 4) is 5.75 Å². The van der Waals surface area contributed by atoms with E-state index in [9.17, 15) is 4.79 Å². The van der Waals surface area contributed by atoms with E-state index in [0.29, 0.717) is 24.7 Å². The number of nitrogens with two attached hydrogens (primary N) is 1. The topological polar surface area (TPSA) is 103 Å². The molecule has 158 valence electrons. The zero-order valence-electron chi connectivity index (χ0n) is 17.2. The van der Waals surface area contributed by atoms with Crippen LogP contribution in [0.5, 0.6) is 5.75 Å². The van der Waals surface area contributed by atoms with Crippen molar-refractivity contribution < 1.29 is 24.1 Å². The summed E-state index contributed by atoms with van der Waals surface area (Å²) in [4.78, 5) is 15.5. The number of aliphatic hydroxyl groups excluding tert-OH is 1. The summed E-state index contributed by atoms with van der Waals surface area (Å²) in [7, 11) is 1.33. The Labute approximate surface area is 172 Å². The van der Waals surface area contributed by atoms with Crippen LogP contribution in [-0.4, -0.2) is 49.9 Å². The number of carbonyl (C=O) groups excluding carboxylic acids is 1. The van der Waals surface area contributed by atoms with Gasteiger partial charge in [-0.2, -0.15) is 0 Å². The van der Waals surface area contributed by atoms with E-state index in [0.717, 1.165) is 11.3 Å². The van der Waals surface area contributed by atoms with Crippen LogP contribution in [0.25, 0.3) is 0 Å². The maximum Gasteiger partial charge on any atom is 0.334 e. The van der Waals surface area contributed by atoms with E-state index in [1.54, 1.807) is 12.1 Å². The standard InChI is InChI=1S/C14H17NO5.C6H7N.C2H6/c1-18-14(17)12-9-20-13(15-12)10-3-5-11(6-4-10)19-8-2-7-16;7-6-4-2-1-3-5-6;1-2/h3-6,12,16H,2,7-9H2,1H3;1-5H,7H2;1-2H3. The number of rotatable bonds is 6. The number of carbonyl (C=O) groups is 1. The third kappa shape index (κ3) is 8.66. The quantitative estimate of drug-likeness (QED) is 0.437. The molecule has 29 heavy (non-hydrogen) atoms. The monoisotopic (exact) mass is 402 g/mol. The van der Waals surface area contributed by atoms with Crippen molar-refractivity contribution in [2.75, 3.05) is 32.7 Å². The summed E-state index contributed by atoms with van der Waals surface area (Å²) < 4.78 is 15.4. The summed E-state index contributed by atoms with van der Waals surface area (Å²) in [6, 6.07) is 16.1. The molecular formula is C22H30N2O5. The van der Waals surface area contributed by atoms with Gasteiger partial charge < -0.3 is 25.1 Å². The van der Waals surface area contributed by atoms with E-state index >= 15 is 0 Å². The second-order valence-corrected chi connectivity index (χ2v) is 5.64. The highest BCUT2D eigenvalue weighted by Gasteiger charge is 2.27. The second kappa shape index (κ2) is 14.0. The van der Waals surface area contributed by atoms with Crippen molar-refractivity contribution in [2.24, 2.45) is 4.99 Å². The minimum Gasteiger partial charge on any atom is -0.494 e. The lowest BCUT2D eigenvalue weighted by atomic mass is 10.2. The zero-order valence-corrected chi connectivity index (χ0v) is 17.2. The molecular weight excluding hydrogens is 372 g/mol. The molecule has 0 saturated carbocycles. The van der Waals surface area contributed by atoms with Gasteiger partial charge in [0.05, 0.1) is 13.7 Å². The largest absolute Gasteiger partial charge is 0.494 e. The SMILES string of the molecule is CC.COC(=O)C1COC(c2ccc(OCCCO)cc2)=N1.Nc1ccccc1. The number of para-hydroxylation sites is 1. The number of nitrogens with zero attached hydrogens (tertiary/aromatic N) is 1. The molecule has 2 aromatic carbocycles. The van der Waals surface area contributed by atoms with Crippen molar-refractivity contribution in [3.63, 3.8) is 0 Å². The molecule has 1 aliphatic heterocycles. The highest BCUT2D eigenvalue weighted by molar-refractivity contribution is 5.97. The fourth-order valence-electron chi connectivity index (χ4n) is 2.19. The third-order valence-electron chi connectivity index (χ3n) is 3.60. The molecule has 7 heteroatoms. The lowest BCUT2D eigenvalue weighted by molar-refractivity contribution is -0.142. The molecule has 0 aliphatic carbocycles. The Balaban J connectivity index is 0.000000390. The summed E-state index contributed by atoms with van der Waals surface area (Å²) in [5, 5.41) is 8.67. The highest BCUT2D eigenvalue weighted by atomic mass is 16.5. The molecule has 0 fully saturated rings. The summed E-state index contributed by atoms with van der Waals surface area (Å²) in [6.45, 7) is 4.78. The summed E-state index contributed by atoms with van der Waals surface area (Å²) in [5.74, 6) is 0.747. The maximum absolute atomic E-state index is 11.3. The average molecular weight is 402 g/mol. The fraction of sp³-hybridized carbons (Fsp3) is 0.364. The summed E-state index contributed by atoms with van der Waals surface area (Å²) >= 11 is 0. The number of nitrogen functional groups attached to an aromatic ring is 1. The minimum absolute atomic E-state index is 0.109. The molecule has 1 atom stereocenters. The van der Waals surface area contributed by atoms with E-state index in [2.05, 4.69) is 9.73 Å². The van der Waals surface area contributed by atoms with E-state index in [1.165, 1.54) is 7.11 Å². The normalized spacial score (nSPS) is 14.2. The van der Waals surface area contributed by atoms with Crippen LogP contribution < -0.4 is 10.5 Å². The Morgan fingerprint density at radius 1 is 1.17 bits per heavy atom. The lowest BCUT2D eigenvalue weighted by Gasteiger charge is -2.06. The first-order chi connectivity index (χ1) is 14.1. The van der Waals surface area contributed by atoms with E-state index < -0.39 is 12.0 Å². The average Bonchev–Trinajstić information content (AvgIpc) is 3.27. The maximum atomic E-state index is 11.3. The van der Waals surface area contributed by atoms with Gasteiger partial charge in [0.1, 0.15) is 12.4 Å². The van der Waals surface area contributed by atoms with Crippen LogP contribution in [-0.2, 0) is 14.3 Å². The van der Waals surface area contributed by atoms with Gasteiger partial charge in [0, 0.05) is 24.3 Å². The van der Waals surface area contributed by atoms with Crippen molar-refractivity contribution in [2.45, 2.75) is 26.3 Å². The Morgan fingerprint density at radius 2 is 1.83 bits per heavy atom. The van der Waals surface area contributed by atoms with E-state index in [-0.39, 0.29) is 13.2 Å². The zero-order chi connectivity index (χ0) is 21.5. The van der Waals surface area contributed by atoms with Gasteiger partial charge in [-0.1, -0.05) is 32.0 Å². The number of methoxy groups -OCH3 is 1. The van der Waals surface area contributed by atoms with E-state index in [1.807, 2.05) is 56.3 Å². The predicted octanol–water partition coefficient (Wildman–Crippen LogP) is 3.06. The third-order valence-corrected chi connectivity index (χ3v) is 3.60. The summed E-state index contributed by atoms with van der Waals surface area (Å²) in [5.41, 5.74) is 6.96. The van der Waals surface area contributed by atoms with Crippen LogP contribution in [0.1, 0.15) is 25.8 Å². The molecule has 0 spiro atoms. The molecule has 0 radical (unpaired) electrons. The van der Waals surface area contributed by atoms with Gasteiger partial charge in [0.25, 0.3) is 0 Å². The molecule has 7 nitrogen and oxygen atoms in total. The number of anilines is 1. The van der Waals surface area contributed by atoms with Crippen molar-refractivity contribution in [3.05, 3.63) is 60.2 Å². The number of hydrogen-bond acceptors (Lipinski definition) is 7. The van der Waals surface area contributed by atoms with Gasteiger partial charge in [0.15, 0.2) is 6.04 Å². The van der Waals surface area contributed by atoms with Gasteiger partial charge in [-0.05, 0) is 36.4 Å². The van der Waals surface area contributed by atoms with Crippen molar-refractivity contribution in [1.29, 1.82) is 0 Å². The minimum atomic E-state index is -0.588. The Kier molecular flexibility index (Phi) is 11.6. The molecule has 2 aromatic rings. The van der Waals surface area contributed by atoms with Crippen LogP contribution in [0.3, 0.4) is 0 Å². The molecule has 1 aliphatic rings. The van der Waals surface area contributed by atoms with Gasteiger partial charge in [0.2, 0.25) is 5.90 Å². The first-order valence-electron chi connectivity index (χ1n) is 9.57. The molecule has 0 amide bonds. The molecule has 0 bridgehead atoms. The number of ether oxygens (including phenoxy) is 3. The fourth-order valence-corrected chi connectivity index (χ4v) is 2.19. The molecule has 1 unspecified atom stereocenters. The van der Waals surface area contributed by atoms with Gasteiger partial charge in [-0.15, -0.1) is 0 Å². The number of hydrogen-bond donors (Lipinski definition) is 2.